The van der Waals surface area contributed by atoms with Crippen molar-refractivity contribution in [3.8, 4) is 0 Å². The van der Waals surface area contributed by atoms with Gasteiger partial charge in [0.05, 0.1) is 11.9 Å². The van der Waals surface area contributed by atoms with Crippen molar-refractivity contribution < 1.29 is 13.2 Å². The molecule has 94 valence electrons. The van der Waals surface area contributed by atoms with Crippen LogP contribution in [0.1, 0.15) is 18.4 Å². The first-order valence-corrected chi connectivity index (χ1v) is 7.30. The number of benzene rings is 1. The SMILES string of the molecule is NS(=O)(=O)C1CC(COCc2ccccc2)C1. The minimum Gasteiger partial charge on any atom is -0.376 e. The van der Waals surface area contributed by atoms with Crippen LogP contribution >= 0.6 is 0 Å². The predicted octanol–water partition coefficient (Wildman–Crippen LogP) is 1.27. The third kappa shape index (κ3) is 3.52. The summed E-state index contributed by atoms with van der Waals surface area (Å²) in [5, 5.41) is 4.70. The molecule has 5 heteroatoms. The van der Waals surface area contributed by atoms with Crippen molar-refractivity contribution in [2.45, 2.75) is 24.7 Å². The fourth-order valence-corrected chi connectivity index (χ4v) is 3.08. The Balaban J connectivity index is 1.66. The highest BCUT2D eigenvalue weighted by Gasteiger charge is 2.36. The largest absolute Gasteiger partial charge is 0.376 e. The highest BCUT2D eigenvalue weighted by molar-refractivity contribution is 7.89. The number of sulfonamides is 1. The number of rotatable bonds is 5. The Labute approximate surface area is 102 Å². The fraction of sp³-hybridized carbons (Fsp3) is 0.500. The second-order valence-corrected chi connectivity index (χ2v) is 6.39. The molecule has 0 atom stereocenters. The quantitative estimate of drug-likeness (QED) is 0.861. The van der Waals surface area contributed by atoms with Crippen LogP contribution in [0.2, 0.25) is 0 Å². The third-order valence-electron chi connectivity index (χ3n) is 3.12. The third-order valence-corrected chi connectivity index (χ3v) is 4.44. The van der Waals surface area contributed by atoms with Gasteiger partial charge >= 0.3 is 0 Å². The predicted molar refractivity (Wildman–Crippen MR) is 65.7 cm³/mol. The molecule has 0 aliphatic heterocycles. The number of hydrogen-bond donors (Lipinski definition) is 1. The molecule has 2 N–H and O–H groups in total. The van der Waals surface area contributed by atoms with Gasteiger partial charge in [-0.3, -0.25) is 0 Å². The number of ether oxygens (including phenoxy) is 1. The van der Waals surface area contributed by atoms with Crippen LogP contribution in [0.3, 0.4) is 0 Å². The molecule has 0 unspecified atom stereocenters. The summed E-state index contributed by atoms with van der Waals surface area (Å²) >= 11 is 0. The molecule has 0 spiro atoms. The summed E-state index contributed by atoms with van der Waals surface area (Å²) in [5.41, 5.74) is 1.13. The molecular weight excluding hydrogens is 238 g/mol. The van der Waals surface area contributed by atoms with E-state index in [0.717, 1.165) is 5.56 Å². The average molecular weight is 255 g/mol. The second-order valence-electron chi connectivity index (χ2n) is 4.55. The van der Waals surface area contributed by atoms with Crippen molar-refractivity contribution in [3.63, 3.8) is 0 Å². The van der Waals surface area contributed by atoms with Crippen molar-refractivity contribution in [2.24, 2.45) is 11.1 Å². The maximum Gasteiger partial charge on any atom is 0.211 e. The van der Waals surface area contributed by atoms with Crippen LogP contribution in [-0.4, -0.2) is 20.3 Å². The lowest BCUT2D eigenvalue weighted by atomic mass is 9.85. The monoisotopic (exact) mass is 255 g/mol. The van der Waals surface area contributed by atoms with Crippen LogP contribution in [0.25, 0.3) is 0 Å². The van der Waals surface area contributed by atoms with Gasteiger partial charge in [-0.15, -0.1) is 0 Å². The van der Waals surface area contributed by atoms with Gasteiger partial charge in [0, 0.05) is 6.61 Å². The second kappa shape index (κ2) is 5.16. The summed E-state index contributed by atoms with van der Waals surface area (Å²) < 4.78 is 27.5. The molecule has 1 saturated carbocycles. The van der Waals surface area contributed by atoms with Crippen molar-refractivity contribution in [1.29, 1.82) is 0 Å². The van der Waals surface area contributed by atoms with Crippen LogP contribution in [0.4, 0.5) is 0 Å². The Kier molecular flexibility index (Phi) is 3.81. The Morgan fingerprint density at radius 3 is 2.47 bits per heavy atom. The maximum atomic E-state index is 11.0. The van der Waals surface area contributed by atoms with Gasteiger partial charge in [-0.1, -0.05) is 30.3 Å². The zero-order valence-electron chi connectivity index (χ0n) is 9.58. The lowest BCUT2D eigenvalue weighted by Crippen LogP contribution is -2.41. The van der Waals surface area contributed by atoms with E-state index in [1.165, 1.54) is 0 Å². The van der Waals surface area contributed by atoms with Crippen molar-refractivity contribution >= 4 is 10.0 Å². The Morgan fingerprint density at radius 2 is 1.88 bits per heavy atom. The molecule has 1 aliphatic carbocycles. The summed E-state index contributed by atoms with van der Waals surface area (Å²) in [6, 6.07) is 9.92. The molecule has 0 aromatic heterocycles. The Bertz CT molecular complexity index is 452. The van der Waals surface area contributed by atoms with Gasteiger partial charge in [0.25, 0.3) is 0 Å². The van der Waals surface area contributed by atoms with Crippen LogP contribution in [0.5, 0.6) is 0 Å². The molecule has 0 amide bonds. The van der Waals surface area contributed by atoms with Crippen LogP contribution in [-0.2, 0) is 21.4 Å². The van der Waals surface area contributed by atoms with E-state index in [1.807, 2.05) is 30.3 Å². The summed E-state index contributed by atoms with van der Waals surface area (Å²) in [4.78, 5) is 0. The number of primary sulfonamides is 1. The zero-order valence-corrected chi connectivity index (χ0v) is 10.4. The molecule has 0 radical (unpaired) electrons. The summed E-state index contributed by atoms with van der Waals surface area (Å²) in [5.74, 6) is 0.335. The van der Waals surface area contributed by atoms with E-state index in [4.69, 9.17) is 9.88 Å². The minimum absolute atomic E-state index is 0.335. The van der Waals surface area contributed by atoms with E-state index in [-0.39, 0.29) is 5.25 Å². The smallest absolute Gasteiger partial charge is 0.211 e. The molecule has 0 heterocycles. The van der Waals surface area contributed by atoms with E-state index in [9.17, 15) is 8.42 Å². The molecule has 1 aromatic rings. The van der Waals surface area contributed by atoms with E-state index >= 15 is 0 Å². The zero-order chi connectivity index (χ0) is 12.3. The van der Waals surface area contributed by atoms with Gasteiger partial charge in [-0.2, -0.15) is 0 Å². The van der Waals surface area contributed by atoms with E-state index in [2.05, 4.69) is 0 Å². The van der Waals surface area contributed by atoms with Crippen molar-refractivity contribution in [3.05, 3.63) is 35.9 Å². The lowest BCUT2D eigenvalue weighted by molar-refractivity contribution is 0.0609. The van der Waals surface area contributed by atoms with Crippen LogP contribution < -0.4 is 5.14 Å². The van der Waals surface area contributed by atoms with Gasteiger partial charge in [-0.25, -0.2) is 13.6 Å². The van der Waals surface area contributed by atoms with E-state index < -0.39 is 10.0 Å². The van der Waals surface area contributed by atoms with Gasteiger partial charge in [0.1, 0.15) is 0 Å². The lowest BCUT2D eigenvalue weighted by Gasteiger charge is -2.33. The molecule has 1 fully saturated rings. The Hall–Kier alpha value is -0.910. The van der Waals surface area contributed by atoms with Gasteiger partial charge in [0.15, 0.2) is 0 Å². The van der Waals surface area contributed by atoms with Crippen LogP contribution in [0.15, 0.2) is 30.3 Å². The van der Waals surface area contributed by atoms with Gasteiger partial charge < -0.3 is 4.74 Å². The molecule has 1 aromatic carbocycles. The maximum absolute atomic E-state index is 11.0. The molecular formula is C12H17NO3S. The molecule has 2 rings (SSSR count). The van der Waals surface area contributed by atoms with E-state index in [1.54, 1.807) is 0 Å². The minimum atomic E-state index is -3.33. The summed E-state index contributed by atoms with van der Waals surface area (Å²) in [6.07, 6.45) is 1.27. The number of hydrogen-bond acceptors (Lipinski definition) is 3. The van der Waals surface area contributed by atoms with Crippen molar-refractivity contribution in [2.75, 3.05) is 6.61 Å². The van der Waals surface area contributed by atoms with Gasteiger partial charge in [0.2, 0.25) is 10.0 Å². The molecule has 17 heavy (non-hydrogen) atoms. The summed E-state index contributed by atoms with van der Waals surface area (Å²) in [7, 11) is -3.33. The van der Waals surface area contributed by atoms with Crippen LogP contribution in [0, 0.1) is 5.92 Å². The summed E-state index contributed by atoms with van der Waals surface area (Å²) in [6.45, 7) is 1.19. The average Bonchev–Trinajstić information content (AvgIpc) is 2.21. The standard InChI is InChI=1S/C12H17NO3S/c13-17(14,15)12-6-11(7-12)9-16-8-10-4-2-1-3-5-10/h1-5,11-12H,6-9H2,(H2,13,14,15). The first-order chi connectivity index (χ1) is 8.05. The Morgan fingerprint density at radius 1 is 1.24 bits per heavy atom. The fourth-order valence-electron chi connectivity index (χ4n) is 2.00. The van der Waals surface area contributed by atoms with E-state index in [0.29, 0.717) is 32.0 Å². The molecule has 1 aliphatic rings. The topological polar surface area (TPSA) is 69.4 Å². The first-order valence-electron chi connectivity index (χ1n) is 5.69. The highest BCUT2D eigenvalue weighted by atomic mass is 32.2. The highest BCUT2D eigenvalue weighted by Crippen LogP contribution is 2.31. The molecule has 4 nitrogen and oxygen atoms in total. The van der Waals surface area contributed by atoms with Crippen molar-refractivity contribution in [1.82, 2.24) is 0 Å². The molecule has 0 saturated heterocycles. The first kappa shape index (κ1) is 12.5. The van der Waals surface area contributed by atoms with Gasteiger partial charge in [-0.05, 0) is 24.3 Å². The molecule has 0 bridgehead atoms. The number of nitrogens with two attached hydrogens (primary N) is 1. The normalized spacial score (nSPS) is 24.3.